The molecule has 0 amide bonds. The van der Waals surface area contributed by atoms with Crippen molar-refractivity contribution < 1.29 is 18.7 Å². The first-order valence-electron chi connectivity index (χ1n) is 10.3. The van der Waals surface area contributed by atoms with Crippen molar-refractivity contribution in [3.05, 3.63) is 36.2 Å². The second-order valence-corrected chi connectivity index (χ2v) is 7.43. The molecular formula is C22H27N5O4. The normalized spacial score (nSPS) is 14.3. The van der Waals surface area contributed by atoms with Gasteiger partial charge in [0.15, 0.2) is 11.5 Å². The maximum atomic E-state index is 5.94. The van der Waals surface area contributed by atoms with Crippen LogP contribution in [0.5, 0.6) is 17.2 Å². The quantitative estimate of drug-likeness (QED) is 0.581. The molecule has 0 bridgehead atoms. The summed E-state index contributed by atoms with van der Waals surface area (Å²) in [4.78, 5) is 10.5. The summed E-state index contributed by atoms with van der Waals surface area (Å²) in [5.74, 6) is 3.06. The Bertz CT molecular complexity index is 1010. The Labute approximate surface area is 181 Å². The van der Waals surface area contributed by atoms with Crippen molar-refractivity contribution >= 4 is 23.3 Å². The van der Waals surface area contributed by atoms with Crippen LogP contribution in [-0.4, -0.2) is 36.5 Å². The summed E-state index contributed by atoms with van der Waals surface area (Å²) in [7, 11) is 4.70. The Kier molecular flexibility index (Phi) is 6.11. The van der Waals surface area contributed by atoms with Gasteiger partial charge in [-0.2, -0.15) is 4.98 Å². The van der Waals surface area contributed by atoms with Crippen LogP contribution in [0.15, 0.2) is 35.0 Å². The van der Waals surface area contributed by atoms with Gasteiger partial charge in [-0.3, -0.25) is 0 Å². The highest BCUT2D eigenvalue weighted by Gasteiger charge is 2.26. The van der Waals surface area contributed by atoms with Crippen LogP contribution in [0.25, 0.3) is 0 Å². The molecule has 0 radical (unpaired) electrons. The highest BCUT2D eigenvalue weighted by molar-refractivity contribution is 5.74. The van der Waals surface area contributed by atoms with Crippen molar-refractivity contribution in [1.82, 2.24) is 15.1 Å². The first-order valence-corrected chi connectivity index (χ1v) is 10.3. The molecule has 9 nitrogen and oxygen atoms in total. The van der Waals surface area contributed by atoms with E-state index >= 15 is 0 Å². The van der Waals surface area contributed by atoms with Crippen molar-refractivity contribution in [3.8, 4) is 17.2 Å². The second kappa shape index (κ2) is 9.11. The average Bonchev–Trinajstić information content (AvgIpc) is 3.29. The topological polar surface area (TPSA) is 109 Å². The minimum Gasteiger partial charge on any atom is -0.493 e. The second-order valence-electron chi connectivity index (χ2n) is 7.43. The van der Waals surface area contributed by atoms with Crippen LogP contribution in [0.2, 0.25) is 0 Å². The molecule has 4 rings (SSSR count). The standard InChI is InChI=1S/C22H27N5O4/c1-28-17-11-15(12-18(29-2)21(17)30-3)27(22-24-10-9-19(23)25-22)20-13-16(26-31-20)14-7-5-4-6-8-14/h9-14H,4-8H2,1-3H3,(H2,23,24,25). The fourth-order valence-electron chi connectivity index (χ4n) is 3.98. The molecule has 1 aliphatic carbocycles. The Morgan fingerprint density at radius 1 is 1.00 bits per heavy atom. The van der Waals surface area contributed by atoms with E-state index in [1.807, 2.05) is 6.07 Å². The van der Waals surface area contributed by atoms with Gasteiger partial charge >= 0.3 is 0 Å². The number of hydrogen-bond acceptors (Lipinski definition) is 9. The third kappa shape index (κ3) is 4.21. The number of nitrogen functional groups attached to an aromatic ring is 1. The van der Waals surface area contributed by atoms with E-state index in [2.05, 4.69) is 15.1 Å². The molecule has 1 aromatic carbocycles. The van der Waals surface area contributed by atoms with E-state index in [1.54, 1.807) is 50.6 Å². The van der Waals surface area contributed by atoms with E-state index in [0.717, 1.165) is 18.5 Å². The van der Waals surface area contributed by atoms with E-state index in [0.29, 0.717) is 46.5 Å². The lowest BCUT2D eigenvalue weighted by Gasteiger charge is -2.22. The number of hydrogen-bond donors (Lipinski definition) is 1. The van der Waals surface area contributed by atoms with Gasteiger partial charge in [-0.05, 0) is 18.9 Å². The van der Waals surface area contributed by atoms with Gasteiger partial charge in [-0.1, -0.05) is 24.4 Å². The summed E-state index contributed by atoms with van der Waals surface area (Å²) in [5, 5.41) is 4.36. The van der Waals surface area contributed by atoms with Crippen LogP contribution in [0, 0.1) is 0 Å². The molecule has 0 aliphatic heterocycles. The number of methoxy groups -OCH3 is 3. The number of anilines is 4. The summed E-state index contributed by atoms with van der Waals surface area (Å²) >= 11 is 0. The first-order chi connectivity index (χ1) is 15.1. The molecule has 9 heteroatoms. The number of nitrogens with zero attached hydrogens (tertiary/aromatic N) is 4. The predicted octanol–water partition coefficient (Wildman–Crippen LogP) is 4.59. The lowest BCUT2D eigenvalue weighted by molar-refractivity contribution is 0.324. The molecule has 0 atom stereocenters. The molecule has 164 valence electrons. The molecule has 3 aromatic rings. The highest BCUT2D eigenvalue weighted by Crippen LogP contribution is 2.45. The van der Waals surface area contributed by atoms with Crippen LogP contribution < -0.4 is 24.8 Å². The predicted molar refractivity (Wildman–Crippen MR) is 117 cm³/mol. The molecule has 0 unspecified atom stereocenters. The van der Waals surface area contributed by atoms with Crippen molar-refractivity contribution in [1.29, 1.82) is 0 Å². The summed E-state index contributed by atoms with van der Waals surface area (Å²) in [6, 6.07) is 7.18. The van der Waals surface area contributed by atoms with Gasteiger partial charge in [-0.15, -0.1) is 0 Å². The first kappa shape index (κ1) is 20.8. The van der Waals surface area contributed by atoms with Crippen molar-refractivity contribution in [2.24, 2.45) is 0 Å². The number of benzene rings is 1. The number of nitrogens with two attached hydrogens (primary N) is 1. The fourth-order valence-corrected chi connectivity index (χ4v) is 3.98. The molecule has 1 fully saturated rings. The van der Waals surface area contributed by atoms with Gasteiger partial charge in [0.1, 0.15) is 5.82 Å². The average molecular weight is 425 g/mol. The minimum atomic E-state index is 0.342. The molecule has 1 aliphatic rings. The Morgan fingerprint density at radius 3 is 2.32 bits per heavy atom. The van der Waals surface area contributed by atoms with Crippen LogP contribution in [0.1, 0.15) is 43.7 Å². The highest BCUT2D eigenvalue weighted by atomic mass is 16.5. The lowest BCUT2D eigenvalue weighted by Crippen LogP contribution is -2.14. The summed E-state index contributed by atoms with van der Waals surface area (Å²) < 4.78 is 22.3. The Balaban J connectivity index is 1.82. The Hall–Kier alpha value is -3.49. The molecule has 0 spiro atoms. The minimum absolute atomic E-state index is 0.342. The Morgan fingerprint density at radius 2 is 1.71 bits per heavy atom. The number of ether oxygens (including phenoxy) is 3. The van der Waals surface area contributed by atoms with Crippen LogP contribution in [-0.2, 0) is 0 Å². The number of aromatic nitrogens is 3. The third-order valence-electron chi connectivity index (χ3n) is 5.53. The van der Waals surface area contributed by atoms with Gasteiger partial charge < -0.3 is 24.5 Å². The molecule has 2 aromatic heterocycles. The molecule has 1 saturated carbocycles. The van der Waals surface area contributed by atoms with Crippen molar-refractivity contribution in [2.45, 2.75) is 38.0 Å². The molecule has 0 saturated heterocycles. The molecule has 2 N–H and O–H groups in total. The van der Waals surface area contributed by atoms with E-state index in [9.17, 15) is 0 Å². The molecular weight excluding hydrogens is 398 g/mol. The van der Waals surface area contributed by atoms with Crippen LogP contribution in [0.4, 0.5) is 23.3 Å². The van der Waals surface area contributed by atoms with Crippen molar-refractivity contribution in [3.63, 3.8) is 0 Å². The van der Waals surface area contributed by atoms with Crippen LogP contribution in [0.3, 0.4) is 0 Å². The number of rotatable bonds is 7. The largest absolute Gasteiger partial charge is 0.493 e. The lowest BCUT2D eigenvalue weighted by atomic mass is 9.87. The maximum Gasteiger partial charge on any atom is 0.239 e. The molecule has 31 heavy (non-hydrogen) atoms. The monoisotopic (exact) mass is 425 g/mol. The van der Waals surface area contributed by atoms with E-state index in [4.69, 9.17) is 24.5 Å². The van der Waals surface area contributed by atoms with Gasteiger partial charge in [0, 0.05) is 30.3 Å². The smallest absolute Gasteiger partial charge is 0.239 e. The molecule has 2 heterocycles. The zero-order valence-electron chi connectivity index (χ0n) is 18.0. The van der Waals surface area contributed by atoms with Gasteiger partial charge in [0.25, 0.3) is 0 Å². The summed E-state index contributed by atoms with van der Waals surface area (Å²) in [5.41, 5.74) is 7.54. The van der Waals surface area contributed by atoms with Crippen LogP contribution >= 0.6 is 0 Å². The van der Waals surface area contributed by atoms with Gasteiger partial charge in [0.2, 0.25) is 17.6 Å². The fraction of sp³-hybridized carbons (Fsp3) is 0.409. The zero-order valence-corrected chi connectivity index (χ0v) is 18.0. The van der Waals surface area contributed by atoms with E-state index < -0.39 is 0 Å². The van der Waals surface area contributed by atoms with Crippen molar-refractivity contribution in [2.75, 3.05) is 32.0 Å². The van der Waals surface area contributed by atoms with Gasteiger partial charge in [0.05, 0.1) is 32.7 Å². The summed E-state index contributed by atoms with van der Waals surface area (Å²) in [6.45, 7) is 0. The summed E-state index contributed by atoms with van der Waals surface area (Å²) in [6.07, 6.45) is 7.52. The maximum absolute atomic E-state index is 5.94. The third-order valence-corrected chi connectivity index (χ3v) is 5.53. The van der Waals surface area contributed by atoms with E-state index in [-0.39, 0.29) is 0 Å². The SMILES string of the molecule is COc1cc(N(c2nccc(N)n2)c2cc(C3CCCCC3)no2)cc(OC)c1OC. The zero-order chi connectivity index (χ0) is 21.8. The van der Waals surface area contributed by atoms with Gasteiger partial charge in [-0.25, -0.2) is 9.88 Å². The van der Waals surface area contributed by atoms with E-state index in [1.165, 1.54) is 19.3 Å².